The summed E-state index contributed by atoms with van der Waals surface area (Å²) < 4.78 is 5.88. The van der Waals surface area contributed by atoms with E-state index in [9.17, 15) is 14.4 Å². The second kappa shape index (κ2) is 8.84. The average Bonchev–Trinajstić information content (AvgIpc) is 3.30. The summed E-state index contributed by atoms with van der Waals surface area (Å²) >= 11 is 6.41. The number of nitrogens with zero attached hydrogens (tertiary/aromatic N) is 1. The van der Waals surface area contributed by atoms with Gasteiger partial charge in [-0.15, -0.1) is 0 Å². The van der Waals surface area contributed by atoms with Crippen LogP contribution in [0.25, 0.3) is 0 Å². The molecule has 2 amide bonds. The highest BCUT2D eigenvalue weighted by atomic mass is 32.2. The van der Waals surface area contributed by atoms with E-state index in [-0.39, 0.29) is 30.9 Å². The molecule has 0 radical (unpaired) electrons. The molecule has 0 unspecified atom stereocenters. The van der Waals surface area contributed by atoms with Gasteiger partial charge in [0, 0.05) is 13.1 Å². The highest BCUT2D eigenvalue weighted by molar-refractivity contribution is 8.23. The molecule has 1 aromatic carbocycles. The standard InChI is InChI=1S/C19H22N2O4S2/c22-15(20-10-11-21-16(23)13-27-18(21)26)12-25-17(24)19(8-4-5-9-19)14-6-2-1-3-7-14/h1-3,6-7H,4-5,8-13H2,(H,20,22). The lowest BCUT2D eigenvalue weighted by Crippen LogP contribution is -2.40. The number of rotatable bonds is 7. The smallest absolute Gasteiger partial charge is 0.317 e. The monoisotopic (exact) mass is 406 g/mol. The third kappa shape index (κ3) is 4.50. The van der Waals surface area contributed by atoms with Crippen molar-refractivity contribution in [2.75, 3.05) is 25.4 Å². The molecule has 1 saturated heterocycles. The predicted octanol–water partition coefficient (Wildman–Crippen LogP) is 2.02. The third-order valence-electron chi connectivity index (χ3n) is 5.01. The lowest BCUT2D eigenvalue weighted by molar-refractivity contribution is -0.154. The highest BCUT2D eigenvalue weighted by Gasteiger charge is 2.44. The summed E-state index contributed by atoms with van der Waals surface area (Å²) in [7, 11) is 0. The van der Waals surface area contributed by atoms with Gasteiger partial charge in [-0.05, 0) is 18.4 Å². The van der Waals surface area contributed by atoms with Gasteiger partial charge in [-0.2, -0.15) is 0 Å². The van der Waals surface area contributed by atoms with Crippen LogP contribution in [-0.4, -0.2) is 52.5 Å². The van der Waals surface area contributed by atoms with Crippen molar-refractivity contribution in [3.8, 4) is 0 Å². The van der Waals surface area contributed by atoms with Gasteiger partial charge < -0.3 is 10.1 Å². The Bertz CT molecular complexity index is 716. The molecule has 1 aliphatic carbocycles. The van der Waals surface area contributed by atoms with Crippen molar-refractivity contribution < 1.29 is 19.1 Å². The van der Waals surface area contributed by atoms with E-state index in [2.05, 4.69) is 5.32 Å². The molecule has 2 aliphatic rings. The third-order valence-corrected chi connectivity index (χ3v) is 6.44. The van der Waals surface area contributed by atoms with Gasteiger partial charge in [0.05, 0.1) is 11.2 Å². The van der Waals surface area contributed by atoms with Crippen molar-refractivity contribution in [2.45, 2.75) is 31.1 Å². The number of benzene rings is 1. The van der Waals surface area contributed by atoms with Crippen molar-refractivity contribution >= 4 is 46.1 Å². The zero-order valence-electron chi connectivity index (χ0n) is 14.9. The van der Waals surface area contributed by atoms with Crippen LogP contribution in [-0.2, 0) is 24.5 Å². The molecular weight excluding hydrogens is 384 g/mol. The van der Waals surface area contributed by atoms with E-state index in [0.29, 0.717) is 16.6 Å². The Kier molecular flexibility index (Phi) is 6.49. The largest absolute Gasteiger partial charge is 0.455 e. The Morgan fingerprint density at radius 2 is 1.93 bits per heavy atom. The fraction of sp³-hybridized carbons (Fsp3) is 0.474. The number of carbonyl (C=O) groups is 3. The molecule has 0 spiro atoms. The molecule has 144 valence electrons. The van der Waals surface area contributed by atoms with Crippen LogP contribution in [0.4, 0.5) is 0 Å². The van der Waals surface area contributed by atoms with E-state index >= 15 is 0 Å². The van der Waals surface area contributed by atoms with Crippen LogP contribution in [0.5, 0.6) is 0 Å². The van der Waals surface area contributed by atoms with Gasteiger partial charge in [-0.3, -0.25) is 19.3 Å². The van der Waals surface area contributed by atoms with Gasteiger partial charge in [0.15, 0.2) is 6.61 Å². The maximum Gasteiger partial charge on any atom is 0.317 e. The maximum atomic E-state index is 12.8. The molecule has 1 saturated carbocycles. The van der Waals surface area contributed by atoms with Crippen LogP contribution < -0.4 is 5.32 Å². The number of hydrogen-bond acceptors (Lipinski definition) is 6. The molecule has 8 heteroatoms. The number of nitrogens with one attached hydrogen (secondary N) is 1. The summed E-state index contributed by atoms with van der Waals surface area (Å²) in [4.78, 5) is 37.9. The summed E-state index contributed by atoms with van der Waals surface area (Å²) in [5.41, 5.74) is 0.305. The Balaban J connectivity index is 1.48. The van der Waals surface area contributed by atoms with Crippen molar-refractivity contribution in [3.05, 3.63) is 35.9 Å². The topological polar surface area (TPSA) is 75.7 Å². The fourth-order valence-electron chi connectivity index (χ4n) is 3.57. The molecular formula is C19H22N2O4S2. The zero-order chi connectivity index (χ0) is 19.3. The summed E-state index contributed by atoms with van der Waals surface area (Å²) in [5.74, 6) is -0.411. The lowest BCUT2D eigenvalue weighted by atomic mass is 9.79. The molecule has 0 aromatic heterocycles. The molecule has 0 atom stereocenters. The van der Waals surface area contributed by atoms with E-state index < -0.39 is 5.41 Å². The van der Waals surface area contributed by atoms with Gasteiger partial charge in [-0.25, -0.2) is 0 Å². The zero-order valence-corrected chi connectivity index (χ0v) is 16.6. The first kappa shape index (κ1) is 19.8. The van der Waals surface area contributed by atoms with E-state index in [1.165, 1.54) is 16.7 Å². The van der Waals surface area contributed by atoms with Crippen molar-refractivity contribution in [1.29, 1.82) is 0 Å². The number of thiocarbonyl (C=S) groups is 1. The first-order chi connectivity index (χ1) is 13.0. The van der Waals surface area contributed by atoms with E-state index in [4.69, 9.17) is 17.0 Å². The minimum Gasteiger partial charge on any atom is -0.455 e. The molecule has 3 rings (SSSR count). The SMILES string of the molecule is O=C(COC(=O)C1(c2ccccc2)CCCC1)NCCN1C(=O)CSC1=S. The van der Waals surface area contributed by atoms with Crippen LogP contribution in [0.15, 0.2) is 30.3 Å². The van der Waals surface area contributed by atoms with Crippen molar-refractivity contribution in [3.63, 3.8) is 0 Å². The molecule has 1 aromatic rings. The predicted molar refractivity (Wildman–Crippen MR) is 107 cm³/mol. The highest BCUT2D eigenvalue weighted by Crippen LogP contribution is 2.42. The number of esters is 1. The summed E-state index contributed by atoms with van der Waals surface area (Å²) in [5, 5.41) is 2.67. The number of amides is 2. The van der Waals surface area contributed by atoms with Crippen LogP contribution >= 0.6 is 24.0 Å². The molecule has 2 fully saturated rings. The van der Waals surface area contributed by atoms with Crippen LogP contribution in [0.2, 0.25) is 0 Å². The Morgan fingerprint density at radius 1 is 1.22 bits per heavy atom. The van der Waals surface area contributed by atoms with Crippen molar-refractivity contribution in [2.24, 2.45) is 0 Å². The fourth-order valence-corrected chi connectivity index (χ4v) is 4.69. The summed E-state index contributed by atoms with van der Waals surface area (Å²) in [6.45, 7) is 0.283. The Morgan fingerprint density at radius 3 is 2.56 bits per heavy atom. The molecule has 6 nitrogen and oxygen atoms in total. The van der Waals surface area contributed by atoms with Gasteiger partial charge >= 0.3 is 5.97 Å². The Labute approximate surface area is 168 Å². The van der Waals surface area contributed by atoms with Gasteiger partial charge in [0.25, 0.3) is 5.91 Å². The molecule has 27 heavy (non-hydrogen) atoms. The van der Waals surface area contributed by atoms with Crippen LogP contribution in [0.3, 0.4) is 0 Å². The van der Waals surface area contributed by atoms with E-state index in [0.717, 1.165) is 31.2 Å². The first-order valence-electron chi connectivity index (χ1n) is 8.99. The minimum atomic E-state index is -0.646. The second-order valence-electron chi connectivity index (χ2n) is 6.68. The van der Waals surface area contributed by atoms with Gasteiger partial charge in [0.2, 0.25) is 5.91 Å². The van der Waals surface area contributed by atoms with Gasteiger partial charge in [0.1, 0.15) is 4.32 Å². The first-order valence-corrected chi connectivity index (χ1v) is 10.4. The normalized spacial score (nSPS) is 18.6. The average molecular weight is 407 g/mol. The quantitative estimate of drug-likeness (QED) is 0.552. The Hall–Kier alpha value is -1.93. The van der Waals surface area contributed by atoms with Crippen LogP contribution in [0.1, 0.15) is 31.2 Å². The minimum absolute atomic E-state index is 0.0447. The molecule has 1 heterocycles. The lowest BCUT2D eigenvalue weighted by Gasteiger charge is -2.27. The van der Waals surface area contributed by atoms with Crippen molar-refractivity contribution in [1.82, 2.24) is 10.2 Å². The van der Waals surface area contributed by atoms with Gasteiger partial charge in [-0.1, -0.05) is 67.2 Å². The number of carbonyl (C=O) groups excluding carboxylic acids is 3. The second-order valence-corrected chi connectivity index (χ2v) is 8.29. The number of ether oxygens (including phenoxy) is 1. The maximum absolute atomic E-state index is 12.8. The van der Waals surface area contributed by atoms with Crippen LogP contribution in [0, 0.1) is 0 Å². The number of thioether (sulfide) groups is 1. The molecule has 1 N–H and O–H groups in total. The molecule has 0 bridgehead atoms. The molecule has 1 aliphatic heterocycles. The summed E-state index contributed by atoms with van der Waals surface area (Å²) in [6.07, 6.45) is 3.42. The van der Waals surface area contributed by atoms with E-state index in [1.807, 2.05) is 30.3 Å². The van der Waals surface area contributed by atoms with E-state index in [1.54, 1.807) is 0 Å². The summed E-state index contributed by atoms with van der Waals surface area (Å²) in [6, 6.07) is 9.64. The number of hydrogen-bond donors (Lipinski definition) is 1.